The highest BCUT2D eigenvalue weighted by molar-refractivity contribution is 6.29. The molecular weight excluding hydrogens is 246 g/mol. The normalized spacial score (nSPS) is 10.7. The molecule has 0 spiro atoms. The van der Waals surface area contributed by atoms with Crippen molar-refractivity contribution < 1.29 is 0 Å². The number of benzene rings is 1. The summed E-state index contributed by atoms with van der Waals surface area (Å²) in [5.74, 6) is 0.787. The highest BCUT2D eigenvalue weighted by Gasteiger charge is 2.02. The Hall–Kier alpha value is -2.00. The van der Waals surface area contributed by atoms with Gasteiger partial charge in [-0.05, 0) is 29.8 Å². The molecule has 0 unspecified atom stereocenters. The zero-order chi connectivity index (χ0) is 12.4. The minimum Gasteiger partial charge on any atom is -0.366 e. The Morgan fingerprint density at radius 2 is 2.00 bits per heavy atom. The van der Waals surface area contributed by atoms with Crippen LogP contribution < -0.4 is 5.32 Å². The van der Waals surface area contributed by atoms with E-state index in [-0.39, 0.29) is 0 Å². The molecule has 2 N–H and O–H groups in total. The molecule has 0 aliphatic rings. The summed E-state index contributed by atoms with van der Waals surface area (Å²) in [5, 5.41) is 5.00. The lowest BCUT2D eigenvalue weighted by atomic mass is 10.1. The van der Waals surface area contributed by atoms with Gasteiger partial charge in [-0.1, -0.05) is 29.8 Å². The van der Waals surface area contributed by atoms with E-state index >= 15 is 0 Å². The molecule has 0 bridgehead atoms. The zero-order valence-corrected chi connectivity index (χ0v) is 10.4. The van der Waals surface area contributed by atoms with Gasteiger partial charge in [-0.25, -0.2) is 4.98 Å². The summed E-state index contributed by atoms with van der Waals surface area (Å²) in [6.45, 7) is 0.725. The molecule has 3 aromatic rings. The maximum atomic E-state index is 5.85. The average Bonchev–Trinajstić information content (AvgIpc) is 2.85. The Labute approximate surface area is 110 Å². The molecular formula is C14H12ClN3. The molecule has 1 aromatic carbocycles. The van der Waals surface area contributed by atoms with Crippen LogP contribution >= 0.6 is 11.6 Å². The highest BCUT2D eigenvalue weighted by atomic mass is 35.5. The van der Waals surface area contributed by atoms with Crippen LogP contribution in [0.4, 0.5) is 5.82 Å². The number of hydrogen-bond donors (Lipinski definition) is 2. The van der Waals surface area contributed by atoms with Crippen LogP contribution in [0.3, 0.4) is 0 Å². The van der Waals surface area contributed by atoms with Gasteiger partial charge in [-0.2, -0.15) is 0 Å². The van der Waals surface area contributed by atoms with E-state index in [0.29, 0.717) is 5.15 Å². The molecule has 18 heavy (non-hydrogen) atoms. The van der Waals surface area contributed by atoms with E-state index in [4.69, 9.17) is 11.6 Å². The third-order valence-corrected chi connectivity index (χ3v) is 3.07. The fraction of sp³-hybridized carbons (Fsp3) is 0.0714. The van der Waals surface area contributed by atoms with E-state index in [1.165, 1.54) is 10.9 Å². The van der Waals surface area contributed by atoms with Crippen molar-refractivity contribution in [3.05, 3.63) is 59.4 Å². The fourth-order valence-corrected chi connectivity index (χ4v) is 2.16. The highest BCUT2D eigenvalue weighted by Crippen LogP contribution is 2.18. The summed E-state index contributed by atoms with van der Waals surface area (Å²) in [6, 6.07) is 13.8. The van der Waals surface area contributed by atoms with Crippen LogP contribution in [0.5, 0.6) is 0 Å². The molecule has 90 valence electrons. The van der Waals surface area contributed by atoms with Crippen LogP contribution in [0.1, 0.15) is 5.56 Å². The van der Waals surface area contributed by atoms with E-state index in [1.54, 1.807) is 6.07 Å². The van der Waals surface area contributed by atoms with Crippen LogP contribution in [0.2, 0.25) is 5.15 Å². The monoisotopic (exact) mass is 257 g/mol. The average molecular weight is 258 g/mol. The van der Waals surface area contributed by atoms with Gasteiger partial charge in [-0.15, -0.1) is 0 Å². The second kappa shape index (κ2) is 4.70. The summed E-state index contributed by atoms with van der Waals surface area (Å²) in [6.07, 6.45) is 1.95. The van der Waals surface area contributed by atoms with Crippen LogP contribution in [0.15, 0.2) is 48.7 Å². The van der Waals surface area contributed by atoms with Crippen molar-refractivity contribution in [3.8, 4) is 0 Å². The molecule has 0 atom stereocenters. The smallest absolute Gasteiger partial charge is 0.131 e. The molecule has 0 radical (unpaired) electrons. The quantitative estimate of drug-likeness (QED) is 0.700. The topological polar surface area (TPSA) is 40.7 Å². The molecule has 4 heteroatoms. The Kier molecular flexibility index (Phi) is 2.90. The molecule has 3 rings (SSSR count). The molecule has 0 saturated carbocycles. The van der Waals surface area contributed by atoms with E-state index in [1.807, 2.05) is 24.4 Å². The molecule has 0 fully saturated rings. The van der Waals surface area contributed by atoms with Gasteiger partial charge in [-0.3, -0.25) is 0 Å². The van der Waals surface area contributed by atoms with Crippen molar-refractivity contribution in [2.24, 2.45) is 0 Å². The maximum Gasteiger partial charge on any atom is 0.131 e. The van der Waals surface area contributed by atoms with Gasteiger partial charge >= 0.3 is 0 Å². The Morgan fingerprint density at radius 3 is 2.89 bits per heavy atom. The second-order valence-corrected chi connectivity index (χ2v) is 4.44. The lowest BCUT2D eigenvalue weighted by molar-refractivity contribution is 1.12. The third-order valence-electron chi connectivity index (χ3n) is 2.86. The first-order valence-electron chi connectivity index (χ1n) is 5.74. The van der Waals surface area contributed by atoms with Crippen molar-refractivity contribution in [1.82, 2.24) is 9.97 Å². The van der Waals surface area contributed by atoms with Crippen LogP contribution in [0.25, 0.3) is 10.9 Å². The number of nitrogens with zero attached hydrogens (tertiary/aromatic N) is 1. The van der Waals surface area contributed by atoms with E-state index < -0.39 is 0 Å². The van der Waals surface area contributed by atoms with Gasteiger partial charge < -0.3 is 10.3 Å². The lowest BCUT2D eigenvalue weighted by Crippen LogP contribution is -2.01. The van der Waals surface area contributed by atoms with Crippen molar-refractivity contribution >= 4 is 28.3 Å². The minimum atomic E-state index is 0.500. The number of H-pyrrole nitrogens is 1. The largest absolute Gasteiger partial charge is 0.366 e. The molecule has 0 amide bonds. The van der Waals surface area contributed by atoms with Crippen LogP contribution in [-0.2, 0) is 6.54 Å². The predicted octanol–water partition coefficient (Wildman–Crippen LogP) is 3.83. The first kappa shape index (κ1) is 11.1. The standard InChI is InChI=1S/C14H12ClN3/c15-13-5-2-6-14(18-13)17-9-10-3-1-4-12-11(10)7-8-16-12/h1-8,16H,9H2,(H,17,18). The van der Waals surface area contributed by atoms with Gasteiger partial charge in [0.15, 0.2) is 0 Å². The number of hydrogen-bond acceptors (Lipinski definition) is 2. The van der Waals surface area contributed by atoms with Crippen molar-refractivity contribution in [2.45, 2.75) is 6.54 Å². The van der Waals surface area contributed by atoms with Crippen LogP contribution in [-0.4, -0.2) is 9.97 Å². The molecule has 2 heterocycles. The van der Waals surface area contributed by atoms with Crippen molar-refractivity contribution in [1.29, 1.82) is 0 Å². The number of halogens is 1. The van der Waals surface area contributed by atoms with E-state index in [0.717, 1.165) is 17.9 Å². The van der Waals surface area contributed by atoms with E-state index in [2.05, 4.69) is 33.5 Å². The number of anilines is 1. The minimum absolute atomic E-state index is 0.500. The summed E-state index contributed by atoms with van der Waals surface area (Å²) in [4.78, 5) is 7.41. The second-order valence-electron chi connectivity index (χ2n) is 4.06. The Bertz CT molecular complexity index is 675. The number of aromatic nitrogens is 2. The fourth-order valence-electron chi connectivity index (χ4n) is 2.00. The van der Waals surface area contributed by atoms with Crippen LogP contribution in [0, 0.1) is 0 Å². The molecule has 0 saturated heterocycles. The van der Waals surface area contributed by atoms with Crippen molar-refractivity contribution in [3.63, 3.8) is 0 Å². The molecule has 2 aromatic heterocycles. The van der Waals surface area contributed by atoms with Gasteiger partial charge in [0.05, 0.1) is 0 Å². The maximum absolute atomic E-state index is 5.85. The summed E-state index contributed by atoms with van der Waals surface area (Å²) >= 11 is 5.85. The number of fused-ring (bicyclic) bond motifs is 1. The van der Waals surface area contributed by atoms with Crippen molar-refractivity contribution in [2.75, 3.05) is 5.32 Å². The number of aromatic amines is 1. The van der Waals surface area contributed by atoms with Gasteiger partial charge in [0.25, 0.3) is 0 Å². The molecule has 3 nitrogen and oxygen atoms in total. The molecule has 0 aliphatic heterocycles. The zero-order valence-electron chi connectivity index (χ0n) is 9.65. The number of pyridine rings is 1. The SMILES string of the molecule is Clc1cccc(NCc2cccc3[nH]ccc23)n1. The Balaban J connectivity index is 1.83. The number of rotatable bonds is 3. The lowest BCUT2D eigenvalue weighted by Gasteiger charge is -2.07. The van der Waals surface area contributed by atoms with E-state index in [9.17, 15) is 0 Å². The molecule has 0 aliphatic carbocycles. The predicted molar refractivity (Wildman–Crippen MR) is 74.9 cm³/mol. The Morgan fingerprint density at radius 1 is 1.11 bits per heavy atom. The number of nitrogens with one attached hydrogen (secondary N) is 2. The first-order chi connectivity index (χ1) is 8.83. The van der Waals surface area contributed by atoms with Gasteiger partial charge in [0.1, 0.15) is 11.0 Å². The summed E-state index contributed by atoms with van der Waals surface area (Å²) in [5.41, 5.74) is 2.38. The third kappa shape index (κ3) is 2.17. The summed E-state index contributed by atoms with van der Waals surface area (Å²) < 4.78 is 0. The van der Waals surface area contributed by atoms with Gasteiger partial charge in [0.2, 0.25) is 0 Å². The van der Waals surface area contributed by atoms with Gasteiger partial charge in [0, 0.05) is 23.6 Å². The summed E-state index contributed by atoms with van der Waals surface area (Å²) in [7, 11) is 0. The first-order valence-corrected chi connectivity index (χ1v) is 6.12.